The van der Waals surface area contributed by atoms with Crippen LogP contribution >= 0.6 is 0 Å². The number of aliphatic hydroxyl groups excluding tert-OH is 1. The van der Waals surface area contributed by atoms with Gasteiger partial charge < -0.3 is 10.2 Å². The predicted octanol–water partition coefficient (Wildman–Crippen LogP) is 0.736. The van der Waals surface area contributed by atoms with E-state index in [4.69, 9.17) is 5.11 Å². The Morgan fingerprint density at radius 1 is 1.33 bits per heavy atom. The zero-order valence-electron chi connectivity index (χ0n) is 10.6. The van der Waals surface area contributed by atoms with Crippen molar-refractivity contribution < 1.29 is 24.9 Å². The van der Waals surface area contributed by atoms with Gasteiger partial charge in [0.2, 0.25) is 0 Å². The van der Waals surface area contributed by atoms with Gasteiger partial charge >= 0.3 is 11.7 Å². The van der Waals surface area contributed by atoms with Gasteiger partial charge in [0.1, 0.15) is 11.8 Å². The predicted molar refractivity (Wildman–Crippen MR) is 70.1 cm³/mol. The van der Waals surface area contributed by atoms with E-state index < -0.39 is 39.0 Å². The first-order chi connectivity index (χ1) is 9.73. The second-order valence-corrected chi connectivity index (χ2v) is 3.81. The van der Waals surface area contributed by atoms with Gasteiger partial charge in [0.25, 0.3) is 5.69 Å². The summed E-state index contributed by atoms with van der Waals surface area (Å²) in [6.07, 6.45) is -1.41. The number of hydrogen-bond acceptors (Lipinski definition) is 8. The molecule has 11 nitrogen and oxygen atoms in total. The van der Waals surface area contributed by atoms with Crippen molar-refractivity contribution in [3.8, 4) is 0 Å². The minimum absolute atomic E-state index is 0.245. The molecular weight excluding hydrogens is 288 g/mol. The molecule has 1 rings (SSSR count). The van der Waals surface area contributed by atoms with E-state index in [-0.39, 0.29) is 5.69 Å². The van der Waals surface area contributed by atoms with Crippen LogP contribution in [0.4, 0.5) is 17.1 Å². The molecule has 112 valence electrons. The van der Waals surface area contributed by atoms with Crippen molar-refractivity contribution in [2.45, 2.75) is 13.0 Å². The zero-order chi connectivity index (χ0) is 16.2. The van der Waals surface area contributed by atoms with Crippen LogP contribution in [0.25, 0.3) is 0 Å². The molecule has 21 heavy (non-hydrogen) atoms. The summed E-state index contributed by atoms with van der Waals surface area (Å²) >= 11 is 0. The topological polar surface area (TPSA) is 168 Å². The van der Waals surface area contributed by atoms with Gasteiger partial charge in [0.15, 0.2) is 5.71 Å². The summed E-state index contributed by atoms with van der Waals surface area (Å²) in [7, 11) is 0. The normalized spacial score (nSPS) is 12.6. The Labute approximate surface area is 116 Å². The fraction of sp³-hybridized carbons (Fsp3) is 0.200. The third-order valence-electron chi connectivity index (χ3n) is 2.30. The smallest absolute Gasteiger partial charge is 0.354 e. The number of nitrogens with zero attached hydrogens (tertiary/aromatic N) is 3. The molecule has 1 aromatic carbocycles. The minimum Gasteiger partial charge on any atom is -0.477 e. The minimum atomic E-state index is -1.51. The van der Waals surface area contributed by atoms with E-state index in [0.717, 1.165) is 19.1 Å². The van der Waals surface area contributed by atoms with E-state index in [1.165, 1.54) is 0 Å². The van der Waals surface area contributed by atoms with E-state index >= 15 is 0 Å². The van der Waals surface area contributed by atoms with Crippen molar-refractivity contribution in [3.63, 3.8) is 0 Å². The highest BCUT2D eigenvalue weighted by atomic mass is 16.6. The maximum Gasteiger partial charge on any atom is 0.354 e. The number of carboxylic acids is 1. The number of hydrogen-bond donors (Lipinski definition) is 3. The number of non-ortho nitro benzene ring substituents is 1. The lowest BCUT2D eigenvalue weighted by molar-refractivity contribution is -0.393. The van der Waals surface area contributed by atoms with Gasteiger partial charge in [-0.25, -0.2) is 4.79 Å². The molecule has 0 radical (unpaired) electrons. The molecule has 0 aliphatic carbocycles. The molecule has 0 saturated heterocycles. The SMILES string of the molecule is CC(O)/C(=N/Nc1ccc([N+](=O)[O-])cc1[N+](=O)[O-])C(=O)O. The van der Waals surface area contributed by atoms with Crippen molar-refractivity contribution >= 4 is 28.7 Å². The summed E-state index contributed by atoms with van der Waals surface area (Å²) < 4.78 is 0. The van der Waals surface area contributed by atoms with Crippen molar-refractivity contribution in [2.24, 2.45) is 5.10 Å². The van der Waals surface area contributed by atoms with E-state index in [9.17, 15) is 30.1 Å². The number of benzene rings is 1. The molecule has 1 unspecified atom stereocenters. The van der Waals surface area contributed by atoms with Gasteiger partial charge in [0, 0.05) is 6.07 Å². The van der Waals surface area contributed by atoms with Crippen LogP contribution in [0.15, 0.2) is 23.3 Å². The molecule has 0 aliphatic rings. The van der Waals surface area contributed by atoms with Gasteiger partial charge in [-0.05, 0) is 13.0 Å². The molecule has 0 fully saturated rings. The highest BCUT2D eigenvalue weighted by Crippen LogP contribution is 2.28. The maximum atomic E-state index is 10.8. The fourth-order valence-corrected chi connectivity index (χ4v) is 1.32. The third kappa shape index (κ3) is 3.94. The maximum absolute atomic E-state index is 10.8. The molecule has 0 saturated carbocycles. The second-order valence-electron chi connectivity index (χ2n) is 3.81. The Balaban J connectivity index is 3.19. The number of aliphatic carboxylic acids is 1. The van der Waals surface area contributed by atoms with Crippen molar-refractivity contribution in [1.82, 2.24) is 0 Å². The summed E-state index contributed by atoms with van der Waals surface area (Å²) in [5, 5.41) is 42.7. The molecule has 0 aromatic heterocycles. The summed E-state index contributed by atoms with van der Waals surface area (Å²) in [5.74, 6) is -1.51. The molecule has 1 atom stereocenters. The number of aliphatic hydroxyl groups is 1. The molecule has 0 heterocycles. The Kier molecular flexibility index (Phi) is 4.86. The number of anilines is 1. The van der Waals surface area contributed by atoms with Crippen LogP contribution in [0.5, 0.6) is 0 Å². The van der Waals surface area contributed by atoms with Crippen LogP contribution in [-0.2, 0) is 4.79 Å². The first-order valence-electron chi connectivity index (χ1n) is 5.41. The average molecular weight is 298 g/mol. The summed E-state index contributed by atoms with van der Waals surface area (Å²) in [6.45, 7) is 1.15. The van der Waals surface area contributed by atoms with Crippen LogP contribution < -0.4 is 5.43 Å². The number of carbonyl (C=O) groups is 1. The third-order valence-corrected chi connectivity index (χ3v) is 2.30. The fourth-order valence-electron chi connectivity index (χ4n) is 1.32. The molecule has 0 bridgehead atoms. The van der Waals surface area contributed by atoms with Crippen LogP contribution in [0.2, 0.25) is 0 Å². The Hall–Kier alpha value is -3.08. The zero-order valence-corrected chi connectivity index (χ0v) is 10.6. The van der Waals surface area contributed by atoms with Gasteiger partial charge in [-0.15, -0.1) is 0 Å². The van der Waals surface area contributed by atoms with Gasteiger partial charge in [-0.1, -0.05) is 0 Å². The molecule has 1 aromatic rings. The first-order valence-corrected chi connectivity index (χ1v) is 5.41. The van der Waals surface area contributed by atoms with Crippen molar-refractivity contribution in [2.75, 3.05) is 5.43 Å². The molecule has 0 aliphatic heterocycles. The van der Waals surface area contributed by atoms with Crippen LogP contribution in [0, 0.1) is 20.2 Å². The highest BCUT2D eigenvalue weighted by Gasteiger charge is 2.21. The van der Waals surface area contributed by atoms with Gasteiger partial charge in [-0.2, -0.15) is 5.10 Å². The number of hydrazone groups is 1. The van der Waals surface area contributed by atoms with E-state index in [0.29, 0.717) is 6.07 Å². The van der Waals surface area contributed by atoms with Crippen molar-refractivity contribution in [1.29, 1.82) is 0 Å². The number of nitro groups is 2. The van der Waals surface area contributed by atoms with Crippen LogP contribution in [0.3, 0.4) is 0 Å². The van der Waals surface area contributed by atoms with E-state index in [1.807, 2.05) is 0 Å². The summed E-state index contributed by atoms with van der Waals surface area (Å²) in [5.41, 5.74) is 0.0519. The van der Waals surface area contributed by atoms with Crippen LogP contribution in [-0.4, -0.2) is 37.8 Å². The first kappa shape index (κ1) is 16.0. The second kappa shape index (κ2) is 6.38. The molecular formula is C10H10N4O7. The van der Waals surface area contributed by atoms with E-state index in [1.54, 1.807) is 0 Å². The van der Waals surface area contributed by atoms with Crippen molar-refractivity contribution in [3.05, 3.63) is 38.4 Å². The Morgan fingerprint density at radius 2 is 1.95 bits per heavy atom. The largest absolute Gasteiger partial charge is 0.477 e. The molecule has 11 heteroatoms. The van der Waals surface area contributed by atoms with Crippen LogP contribution in [0.1, 0.15) is 6.92 Å². The summed E-state index contributed by atoms with van der Waals surface area (Å²) in [4.78, 5) is 30.5. The standard InChI is InChI=1S/C10H10N4O7/c1-5(15)9(10(16)17)12-11-7-3-2-6(13(18)19)4-8(7)14(20)21/h2-5,11,15H,1H3,(H,16,17)/b12-9-. The van der Waals surface area contributed by atoms with Gasteiger partial charge in [0.05, 0.1) is 15.9 Å². The number of rotatable bonds is 6. The average Bonchev–Trinajstić information content (AvgIpc) is 2.37. The number of nitro benzene ring substituents is 2. The lowest BCUT2D eigenvalue weighted by Crippen LogP contribution is -2.26. The molecule has 0 amide bonds. The highest BCUT2D eigenvalue weighted by molar-refractivity contribution is 6.37. The molecule has 3 N–H and O–H groups in total. The Bertz CT molecular complexity index is 626. The number of carboxylic acid groups (broad SMARTS) is 1. The lowest BCUT2D eigenvalue weighted by atomic mass is 10.2. The quantitative estimate of drug-likeness (QED) is 0.392. The summed E-state index contributed by atoms with van der Waals surface area (Å²) in [6, 6.07) is 2.72. The van der Waals surface area contributed by atoms with Gasteiger partial charge in [-0.3, -0.25) is 25.7 Å². The molecule has 0 spiro atoms. The Morgan fingerprint density at radius 3 is 2.38 bits per heavy atom. The lowest BCUT2D eigenvalue weighted by Gasteiger charge is -2.06. The number of nitrogens with one attached hydrogen (secondary N) is 1. The van der Waals surface area contributed by atoms with E-state index in [2.05, 4.69) is 10.5 Å². The monoisotopic (exact) mass is 298 g/mol.